The van der Waals surface area contributed by atoms with E-state index < -0.39 is 19.9 Å². The summed E-state index contributed by atoms with van der Waals surface area (Å²) in [5.74, 6) is -0.480. The van der Waals surface area contributed by atoms with Gasteiger partial charge in [0.2, 0.25) is 0 Å². The molecule has 3 rings (SSSR count). The van der Waals surface area contributed by atoms with Crippen molar-refractivity contribution in [1.29, 1.82) is 0 Å². The monoisotopic (exact) mass is 654 g/mol. The van der Waals surface area contributed by atoms with Gasteiger partial charge in [0.15, 0.2) is 0 Å². The fraction of sp³-hybridized carbons (Fsp3) is 0.861. The highest BCUT2D eigenvalue weighted by atomic mass is 31.2. The number of esters is 1. The predicted molar refractivity (Wildman–Crippen MR) is 181 cm³/mol. The molecule has 0 aromatic heterocycles. The van der Waals surface area contributed by atoms with E-state index in [1.807, 2.05) is 0 Å². The van der Waals surface area contributed by atoms with Crippen LogP contribution in [-0.2, 0) is 27.9 Å². The van der Waals surface area contributed by atoms with E-state index >= 15 is 0 Å². The molecule has 0 amide bonds. The number of fused-ring (bicyclic) bond motifs is 1. The van der Waals surface area contributed by atoms with Gasteiger partial charge >= 0.3 is 13.8 Å². The van der Waals surface area contributed by atoms with Crippen molar-refractivity contribution in [2.45, 2.75) is 155 Å². The summed E-state index contributed by atoms with van der Waals surface area (Å²) in [6, 6.07) is 0.718. The van der Waals surface area contributed by atoms with Crippen molar-refractivity contribution in [2.24, 2.45) is 5.41 Å². The maximum absolute atomic E-state index is 12.8. The highest BCUT2D eigenvalue weighted by Crippen LogP contribution is 2.49. The van der Waals surface area contributed by atoms with Crippen molar-refractivity contribution < 1.29 is 37.3 Å². The van der Waals surface area contributed by atoms with Crippen LogP contribution in [0.5, 0.6) is 0 Å². The molecule has 3 atom stereocenters. The molecule has 2 saturated heterocycles. The molecule has 0 aromatic rings. The molecule has 2 fully saturated rings. The van der Waals surface area contributed by atoms with Gasteiger partial charge in [0.05, 0.1) is 39.0 Å². The summed E-state index contributed by atoms with van der Waals surface area (Å²) in [6.07, 6.45) is 29.7. The number of phosphoric ester groups is 1. The van der Waals surface area contributed by atoms with E-state index in [-0.39, 0.29) is 25.2 Å². The molecule has 45 heavy (non-hydrogen) atoms. The van der Waals surface area contributed by atoms with Crippen LogP contribution in [0.1, 0.15) is 143 Å². The predicted octanol–water partition coefficient (Wildman–Crippen LogP) is 9.17. The van der Waals surface area contributed by atoms with Gasteiger partial charge in [-0.05, 0) is 12.5 Å². The number of nitrogens with zero attached hydrogens (tertiary/aromatic N) is 1. The van der Waals surface area contributed by atoms with Crippen molar-refractivity contribution in [3.63, 3.8) is 0 Å². The van der Waals surface area contributed by atoms with Crippen molar-refractivity contribution in [1.82, 2.24) is 0 Å². The van der Waals surface area contributed by atoms with Gasteiger partial charge < -0.3 is 14.4 Å². The van der Waals surface area contributed by atoms with Crippen LogP contribution < -0.4 is 0 Å². The van der Waals surface area contributed by atoms with Crippen LogP contribution in [0.4, 0.5) is 0 Å². The maximum Gasteiger partial charge on any atom is 0.472 e. The van der Waals surface area contributed by atoms with Gasteiger partial charge in [0.25, 0.3) is 0 Å². The van der Waals surface area contributed by atoms with Gasteiger partial charge in [-0.2, -0.15) is 0 Å². The highest BCUT2D eigenvalue weighted by Gasteiger charge is 2.50. The second-order valence-electron chi connectivity index (χ2n) is 14.2. The largest absolute Gasteiger partial charge is 0.472 e. The Bertz CT molecular complexity index is 959. The van der Waals surface area contributed by atoms with E-state index in [0.29, 0.717) is 6.61 Å². The molecule has 1 N–H and O–H groups in total. The number of ether oxygens (including phenoxy) is 2. The van der Waals surface area contributed by atoms with Gasteiger partial charge in [-0.25, -0.2) is 4.57 Å². The average Bonchev–Trinajstić information content (AvgIpc) is 3.61. The number of hydrogen-bond acceptors (Lipinski definition) is 6. The van der Waals surface area contributed by atoms with E-state index in [9.17, 15) is 14.3 Å². The summed E-state index contributed by atoms with van der Waals surface area (Å²) in [4.78, 5) is 22.1. The topological polar surface area (TPSA) is 91.3 Å². The van der Waals surface area contributed by atoms with E-state index in [2.05, 4.69) is 32.1 Å². The minimum atomic E-state index is -4.35. The third-order valence-corrected chi connectivity index (χ3v) is 11.0. The Morgan fingerprint density at radius 2 is 1.51 bits per heavy atom. The Morgan fingerprint density at radius 3 is 2.09 bits per heavy atom. The number of quaternary nitrogens is 1. The lowest BCUT2D eigenvalue weighted by Crippen LogP contribution is -2.48. The molecule has 0 saturated carbocycles. The smallest absolute Gasteiger partial charge is 0.458 e. The molecule has 2 heterocycles. The molecule has 0 spiro atoms. The Kier molecular flexibility index (Phi) is 17.4. The van der Waals surface area contributed by atoms with Crippen LogP contribution in [0.2, 0.25) is 0 Å². The molecule has 1 aliphatic carbocycles. The second kappa shape index (κ2) is 20.4. The van der Waals surface area contributed by atoms with E-state index in [4.69, 9.17) is 18.5 Å². The van der Waals surface area contributed by atoms with Crippen molar-refractivity contribution in [2.75, 3.05) is 39.5 Å². The molecule has 260 valence electrons. The second-order valence-corrected chi connectivity index (χ2v) is 15.7. The molecule has 0 aromatic carbocycles. The molecule has 3 unspecified atom stereocenters. The van der Waals surface area contributed by atoms with Crippen molar-refractivity contribution in [3.05, 3.63) is 23.9 Å². The molecular weight excluding hydrogens is 589 g/mol. The summed E-state index contributed by atoms with van der Waals surface area (Å²) in [7, 11) is -4.35. The SMILES string of the molecule is CCCCCCCCCCCCCCCCOCC(COP(=O)(O)OCC1(C)C=CC=C([N+]23CCCC2CCC3)C1)OC(C)=O. The Morgan fingerprint density at radius 1 is 0.933 bits per heavy atom. The average molecular weight is 655 g/mol. The van der Waals surface area contributed by atoms with Crippen LogP contribution in [0.3, 0.4) is 0 Å². The standard InChI is InChI=1S/C36H64NO7P/c1-4-5-6-7-8-9-10-11-12-13-14-15-16-17-27-41-29-35(44-32(2)38)30-42-45(39,40)43-31-36(3)24-18-21-34(28-36)37-25-19-22-33(37)23-20-26-37/h18,21,24,33,35H,4-17,19-20,22-23,25-31H2,1-3H3/p+1. The third-order valence-electron chi connectivity index (χ3n) is 10.1. The lowest BCUT2D eigenvalue weighted by Gasteiger charge is -2.41. The Labute approximate surface area is 274 Å². The van der Waals surface area contributed by atoms with Gasteiger partial charge in [0.1, 0.15) is 11.8 Å². The van der Waals surface area contributed by atoms with E-state index in [1.54, 1.807) is 0 Å². The van der Waals surface area contributed by atoms with E-state index in [1.165, 1.54) is 128 Å². The molecule has 8 nitrogen and oxygen atoms in total. The van der Waals surface area contributed by atoms with Crippen LogP contribution >= 0.6 is 7.82 Å². The summed E-state index contributed by atoms with van der Waals surface area (Å²) < 4.78 is 35.8. The molecular formula is C36H65NO7P+. The first-order valence-electron chi connectivity index (χ1n) is 18.3. The normalized spacial score (nSPS) is 26.4. The van der Waals surface area contributed by atoms with Crippen LogP contribution in [0, 0.1) is 5.41 Å². The number of carbonyl (C=O) groups is 1. The first-order valence-corrected chi connectivity index (χ1v) is 19.8. The first kappa shape index (κ1) is 38.4. The number of rotatable bonds is 25. The molecule has 3 aliphatic rings. The number of allylic oxidation sites excluding steroid dienone is 3. The summed E-state index contributed by atoms with van der Waals surface area (Å²) >= 11 is 0. The number of phosphoric acid groups is 1. The molecule has 2 aliphatic heterocycles. The lowest BCUT2D eigenvalue weighted by atomic mass is 9.82. The van der Waals surface area contributed by atoms with Gasteiger partial charge in [0, 0.05) is 51.0 Å². The minimum absolute atomic E-state index is 0.0765. The summed E-state index contributed by atoms with van der Waals surface area (Å²) in [5.41, 5.74) is 1.03. The van der Waals surface area contributed by atoms with Crippen molar-refractivity contribution in [3.8, 4) is 0 Å². The zero-order valence-electron chi connectivity index (χ0n) is 28.9. The summed E-state index contributed by atoms with van der Waals surface area (Å²) in [6.45, 7) is 8.54. The van der Waals surface area contributed by atoms with Crippen LogP contribution in [-0.4, -0.2) is 67.0 Å². The lowest BCUT2D eigenvalue weighted by molar-refractivity contribution is -0.892. The van der Waals surface area contributed by atoms with Gasteiger partial charge in [-0.1, -0.05) is 109 Å². The fourth-order valence-corrected chi connectivity index (χ4v) is 8.48. The third kappa shape index (κ3) is 13.9. The molecule has 0 bridgehead atoms. The number of hydrogen-bond donors (Lipinski definition) is 1. The van der Waals surface area contributed by atoms with Crippen LogP contribution in [0.15, 0.2) is 23.9 Å². The fourth-order valence-electron chi connectivity index (χ4n) is 7.59. The first-order chi connectivity index (χ1) is 21.7. The zero-order chi connectivity index (χ0) is 32.4. The summed E-state index contributed by atoms with van der Waals surface area (Å²) in [5, 5.41) is 0. The maximum atomic E-state index is 12.8. The number of unbranched alkanes of at least 4 members (excludes halogenated alkanes) is 13. The van der Waals surface area contributed by atoms with E-state index in [0.717, 1.165) is 29.8 Å². The quantitative estimate of drug-likeness (QED) is 0.0454. The highest BCUT2D eigenvalue weighted by molar-refractivity contribution is 7.47. The number of carbonyl (C=O) groups excluding carboxylic acids is 1. The molecule has 0 radical (unpaired) electrons. The van der Waals surface area contributed by atoms with Gasteiger partial charge in [-0.15, -0.1) is 0 Å². The van der Waals surface area contributed by atoms with Crippen LogP contribution in [0.25, 0.3) is 0 Å². The van der Waals surface area contributed by atoms with Gasteiger partial charge in [-0.3, -0.25) is 18.3 Å². The van der Waals surface area contributed by atoms with Crippen molar-refractivity contribution >= 4 is 13.8 Å². The molecule has 9 heteroatoms. The zero-order valence-corrected chi connectivity index (χ0v) is 29.7. The minimum Gasteiger partial charge on any atom is -0.458 e. The Balaban J connectivity index is 1.26. The Hall–Kier alpha value is -1.02.